The van der Waals surface area contributed by atoms with E-state index in [9.17, 15) is 19.8 Å². The maximum atomic E-state index is 11.9. The molecule has 0 bridgehead atoms. The molecule has 2 unspecified atom stereocenters. The summed E-state index contributed by atoms with van der Waals surface area (Å²) in [5.41, 5.74) is 5.22. The lowest BCUT2D eigenvalue weighted by Gasteiger charge is -2.17. The van der Waals surface area contributed by atoms with E-state index >= 15 is 0 Å². The molecule has 1 heterocycles. The van der Waals surface area contributed by atoms with E-state index in [0.717, 1.165) is 6.07 Å². The zero-order valence-electron chi connectivity index (χ0n) is 11.0. The lowest BCUT2D eigenvalue weighted by molar-refractivity contribution is 0.0151. The molecule has 7 nitrogen and oxygen atoms in total. The Balaban J connectivity index is 2.47. The SMILES string of the molecule is NCCC(O)C(O)c1ccc2oc(C(=O)O)cc(=O)c2c1. The first-order chi connectivity index (χ1) is 9.93. The molecule has 1 aromatic heterocycles. The highest BCUT2D eigenvalue weighted by Gasteiger charge is 2.19. The second kappa shape index (κ2) is 6.04. The molecule has 0 aliphatic rings. The van der Waals surface area contributed by atoms with Crippen LogP contribution in [0.1, 0.15) is 28.6 Å². The Morgan fingerprint density at radius 3 is 2.62 bits per heavy atom. The molecular formula is C14H15NO6. The van der Waals surface area contributed by atoms with Gasteiger partial charge in [-0.15, -0.1) is 0 Å². The summed E-state index contributed by atoms with van der Waals surface area (Å²) in [7, 11) is 0. The van der Waals surface area contributed by atoms with Gasteiger partial charge >= 0.3 is 5.97 Å². The molecule has 2 aromatic rings. The predicted octanol–water partition coefficient (Wildman–Crippen LogP) is 0.234. The Morgan fingerprint density at radius 1 is 1.29 bits per heavy atom. The average molecular weight is 293 g/mol. The van der Waals surface area contributed by atoms with Gasteiger partial charge in [-0.1, -0.05) is 6.07 Å². The van der Waals surface area contributed by atoms with Crippen LogP contribution in [0.15, 0.2) is 33.5 Å². The summed E-state index contributed by atoms with van der Waals surface area (Å²) in [5.74, 6) is -1.79. The number of carboxylic acids is 1. The summed E-state index contributed by atoms with van der Waals surface area (Å²) in [4.78, 5) is 22.7. The van der Waals surface area contributed by atoms with Crippen LogP contribution in [0.25, 0.3) is 11.0 Å². The number of hydrogen-bond acceptors (Lipinski definition) is 6. The van der Waals surface area contributed by atoms with Crippen LogP contribution in [0.4, 0.5) is 0 Å². The van der Waals surface area contributed by atoms with Crippen LogP contribution in [0.2, 0.25) is 0 Å². The third-order valence-electron chi connectivity index (χ3n) is 3.13. The fourth-order valence-electron chi connectivity index (χ4n) is 2.01. The minimum Gasteiger partial charge on any atom is -0.475 e. The van der Waals surface area contributed by atoms with Crippen molar-refractivity contribution in [2.24, 2.45) is 5.73 Å². The van der Waals surface area contributed by atoms with Gasteiger partial charge < -0.3 is 25.5 Å². The van der Waals surface area contributed by atoms with Crippen LogP contribution in [0.5, 0.6) is 0 Å². The molecule has 0 saturated carbocycles. The third-order valence-corrected chi connectivity index (χ3v) is 3.13. The van der Waals surface area contributed by atoms with E-state index in [0.29, 0.717) is 5.56 Å². The summed E-state index contributed by atoms with van der Waals surface area (Å²) in [6, 6.07) is 5.09. The molecule has 1 aromatic carbocycles. The van der Waals surface area contributed by atoms with Gasteiger partial charge in [-0.2, -0.15) is 0 Å². The first-order valence-electron chi connectivity index (χ1n) is 6.31. The van der Waals surface area contributed by atoms with Gasteiger partial charge in [0.05, 0.1) is 11.5 Å². The Kier molecular flexibility index (Phi) is 4.37. The number of aromatic carboxylic acids is 1. The van der Waals surface area contributed by atoms with Crippen molar-refractivity contribution in [3.63, 3.8) is 0 Å². The molecule has 0 aliphatic carbocycles. The monoisotopic (exact) mass is 293 g/mol. The van der Waals surface area contributed by atoms with Gasteiger partial charge in [-0.25, -0.2) is 4.79 Å². The number of benzene rings is 1. The maximum absolute atomic E-state index is 11.9. The predicted molar refractivity (Wildman–Crippen MR) is 74.1 cm³/mol. The highest BCUT2D eigenvalue weighted by molar-refractivity contribution is 5.87. The van der Waals surface area contributed by atoms with E-state index < -0.39 is 29.4 Å². The van der Waals surface area contributed by atoms with Crippen molar-refractivity contribution < 1.29 is 24.5 Å². The van der Waals surface area contributed by atoms with Crippen LogP contribution in [0, 0.1) is 0 Å². The fourth-order valence-corrected chi connectivity index (χ4v) is 2.01. The first-order valence-corrected chi connectivity index (χ1v) is 6.31. The van der Waals surface area contributed by atoms with Gasteiger partial charge in [-0.05, 0) is 30.7 Å². The number of hydrogen-bond donors (Lipinski definition) is 4. The molecule has 5 N–H and O–H groups in total. The standard InChI is InChI=1S/C14H15NO6/c15-4-3-9(16)13(18)7-1-2-11-8(5-7)10(17)6-12(21-11)14(19)20/h1-2,5-6,9,13,16,18H,3-4,15H2,(H,19,20). The molecule has 2 rings (SSSR count). The number of aliphatic hydroxyl groups is 2. The summed E-state index contributed by atoms with van der Waals surface area (Å²) in [6.07, 6.45) is -2.01. The summed E-state index contributed by atoms with van der Waals surface area (Å²) in [5, 5.41) is 28.7. The third kappa shape index (κ3) is 3.10. The largest absolute Gasteiger partial charge is 0.475 e. The molecule has 0 amide bonds. The van der Waals surface area contributed by atoms with E-state index in [-0.39, 0.29) is 23.9 Å². The number of carboxylic acid groups (broad SMARTS) is 1. The van der Waals surface area contributed by atoms with Gasteiger partial charge in [0.25, 0.3) is 0 Å². The molecule has 0 spiro atoms. The maximum Gasteiger partial charge on any atom is 0.371 e. The normalized spacial score (nSPS) is 14.0. The van der Waals surface area contributed by atoms with E-state index in [1.807, 2.05) is 0 Å². The second-order valence-corrected chi connectivity index (χ2v) is 4.63. The molecule has 0 radical (unpaired) electrons. The van der Waals surface area contributed by atoms with Gasteiger partial charge in [0.2, 0.25) is 5.76 Å². The zero-order valence-corrected chi connectivity index (χ0v) is 11.0. The summed E-state index contributed by atoms with van der Waals surface area (Å²) >= 11 is 0. The van der Waals surface area contributed by atoms with Crippen molar-refractivity contribution in [3.05, 3.63) is 45.8 Å². The van der Waals surface area contributed by atoms with E-state index in [4.69, 9.17) is 15.3 Å². The first kappa shape index (κ1) is 15.2. The van der Waals surface area contributed by atoms with E-state index in [1.165, 1.54) is 18.2 Å². The Labute approximate surface area is 119 Å². The van der Waals surface area contributed by atoms with E-state index in [2.05, 4.69) is 0 Å². The molecule has 21 heavy (non-hydrogen) atoms. The minimum atomic E-state index is -1.34. The average Bonchev–Trinajstić information content (AvgIpc) is 2.46. The molecule has 7 heteroatoms. The molecule has 0 aliphatic heterocycles. The Bertz CT molecular complexity index is 723. The van der Waals surface area contributed by atoms with Gasteiger partial charge in [0.1, 0.15) is 11.7 Å². The number of carbonyl (C=O) groups is 1. The summed E-state index contributed by atoms with van der Waals surface area (Å²) in [6.45, 7) is 0.218. The van der Waals surface area contributed by atoms with Crippen LogP contribution in [-0.2, 0) is 0 Å². The van der Waals surface area contributed by atoms with Gasteiger partial charge in [0.15, 0.2) is 5.43 Å². The smallest absolute Gasteiger partial charge is 0.371 e. The van der Waals surface area contributed by atoms with Crippen molar-refractivity contribution in [2.45, 2.75) is 18.6 Å². The van der Waals surface area contributed by atoms with Crippen LogP contribution >= 0.6 is 0 Å². The zero-order chi connectivity index (χ0) is 15.6. The number of rotatable bonds is 5. The molecule has 2 atom stereocenters. The Hall–Kier alpha value is -2.22. The molecule has 0 saturated heterocycles. The molecule has 112 valence electrons. The quantitative estimate of drug-likeness (QED) is 0.620. The molecule has 0 fully saturated rings. The van der Waals surface area contributed by atoms with Gasteiger partial charge in [-0.3, -0.25) is 4.79 Å². The van der Waals surface area contributed by atoms with Crippen molar-refractivity contribution in [2.75, 3.05) is 6.54 Å². The van der Waals surface area contributed by atoms with Crippen molar-refractivity contribution in [1.29, 1.82) is 0 Å². The van der Waals surface area contributed by atoms with Crippen LogP contribution < -0.4 is 11.2 Å². The lowest BCUT2D eigenvalue weighted by Crippen LogP contribution is -2.22. The highest BCUT2D eigenvalue weighted by Crippen LogP contribution is 2.22. The Morgan fingerprint density at radius 2 is 2.00 bits per heavy atom. The fraction of sp³-hybridized carbons (Fsp3) is 0.286. The summed E-state index contributed by atoms with van der Waals surface area (Å²) < 4.78 is 5.08. The van der Waals surface area contributed by atoms with Crippen molar-refractivity contribution in [1.82, 2.24) is 0 Å². The number of nitrogens with two attached hydrogens (primary N) is 1. The topological polar surface area (TPSA) is 134 Å². The number of fused-ring (bicyclic) bond motifs is 1. The lowest BCUT2D eigenvalue weighted by atomic mass is 10.0. The van der Waals surface area contributed by atoms with E-state index in [1.54, 1.807) is 0 Å². The molecular weight excluding hydrogens is 278 g/mol. The number of aliphatic hydroxyl groups excluding tert-OH is 2. The van der Waals surface area contributed by atoms with Crippen molar-refractivity contribution >= 4 is 16.9 Å². The van der Waals surface area contributed by atoms with Crippen LogP contribution in [-0.4, -0.2) is 33.9 Å². The highest BCUT2D eigenvalue weighted by atomic mass is 16.4. The minimum absolute atomic E-state index is 0.101. The van der Waals surface area contributed by atoms with Crippen LogP contribution in [0.3, 0.4) is 0 Å². The van der Waals surface area contributed by atoms with Gasteiger partial charge in [0, 0.05) is 6.07 Å². The second-order valence-electron chi connectivity index (χ2n) is 4.63. The van der Waals surface area contributed by atoms with Crippen molar-refractivity contribution in [3.8, 4) is 0 Å².